The van der Waals surface area contributed by atoms with Crippen molar-refractivity contribution >= 4 is 16.9 Å². The van der Waals surface area contributed by atoms with E-state index < -0.39 is 0 Å². The first-order valence-corrected chi connectivity index (χ1v) is 7.94. The average molecular weight is 309 g/mol. The van der Waals surface area contributed by atoms with Gasteiger partial charge in [0.2, 0.25) is 0 Å². The van der Waals surface area contributed by atoms with Crippen LogP contribution in [-0.4, -0.2) is 27.3 Å². The lowest BCUT2D eigenvalue weighted by molar-refractivity contribution is 0.0700. The van der Waals surface area contributed by atoms with Gasteiger partial charge >= 0.3 is 0 Å². The predicted molar refractivity (Wildman–Crippen MR) is 87.3 cm³/mol. The van der Waals surface area contributed by atoms with E-state index in [1.807, 2.05) is 24.0 Å². The van der Waals surface area contributed by atoms with Crippen molar-refractivity contribution in [2.45, 2.75) is 32.7 Å². The molecule has 1 atom stereocenters. The quantitative estimate of drug-likeness (QED) is 0.784. The molecule has 2 aromatic heterocycles. The van der Waals surface area contributed by atoms with E-state index in [0.29, 0.717) is 5.76 Å². The summed E-state index contributed by atoms with van der Waals surface area (Å²) in [5.74, 6) is 1.19. The zero-order valence-electron chi connectivity index (χ0n) is 13.3. The van der Waals surface area contributed by atoms with Crippen LogP contribution in [0.5, 0.6) is 0 Å². The smallest absolute Gasteiger partial charge is 0.290 e. The molecule has 0 radical (unpaired) electrons. The van der Waals surface area contributed by atoms with Crippen molar-refractivity contribution in [1.29, 1.82) is 0 Å². The highest BCUT2D eigenvalue weighted by Gasteiger charge is 2.33. The summed E-state index contributed by atoms with van der Waals surface area (Å²) in [6.07, 6.45) is 5.43. The third kappa shape index (κ3) is 2.32. The number of hydrogen-bond acceptors (Lipinski definition) is 3. The molecule has 0 bridgehead atoms. The highest BCUT2D eigenvalue weighted by atomic mass is 16.3. The maximum atomic E-state index is 12.9. The number of carbonyl (C=O) groups is 1. The van der Waals surface area contributed by atoms with E-state index in [1.165, 1.54) is 11.1 Å². The van der Waals surface area contributed by atoms with Crippen molar-refractivity contribution in [3.8, 4) is 0 Å². The van der Waals surface area contributed by atoms with Crippen LogP contribution in [0.4, 0.5) is 0 Å². The van der Waals surface area contributed by atoms with Crippen LogP contribution in [0.2, 0.25) is 0 Å². The molecule has 4 rings (SSSR count). The van der Waals surface area contributed by atoms with Crippen molar-refractivity contribution in [2.24, 2.45) is 0 Å². The number of fused-ring (bicyclic) bond motifs is 1. The maximum absolute atomic E-state index is 12.9. The normalized spacial score (nSPS) is 18.0. The second kappa shape index (κ2) is 5.26. The van der Waals surface area contributed by atoms with Crippen molar-refractivity contribution in [3.05, 3.63) is 53.3 Å². The summed E-state index contributed by atoms with van der Waals surface area (Å²) in [6, 6.07) is 5.92. The van der Waals surface area contributed by atoms with E-state index in [-0.39, 0.29) is 11.9 Å². The standard InChI is InChI=1S/C18H19N3O2/c1-11-8-13-10-16(23-15(13)9-12(11)2)18(22)21-7-3-4-14(21)17-19-5-6-20-17/h5-6,8-10,14H,3-4,7H2,1-2H3,(H,19,20)/t14-/m0/s1. The van der Waals surface area contributed by atoms with Gasteiger partial charge in [-0.1, -0.05) is 0 Å². The van der Waals surface area contributed by atoms with E-state index in [4.69, 9.17) is 4.42 Å². The number of nitrogens with one attached hydrogen (secondary N) is 1. The highest BCUT2D eigenvalue weighted by molar-refractivity contribution is 5.96. The first kappa shape index (κ1) is 14.1. The van der Waals surface area contributed by atoms with Gasteiger partial charge in [0, 0.05) is 24.3 Å². The van der Waals surface area contributed by atoms with Crippen molar-refractivity contribution in [1.82, 2.24) is 14.9 Å². The Morgan fingerprint density at radius 2 is 2.13 bits per heavy atom. The number of aromatic nitrogens is 2. The minimum absolute atomic E-state index is 0.00850. The van der Waals surface area contributed by atoms with E-state index in [0.717, 1.165) is 36.2 Å². The van der Waals surface area contributed by atoms with Gasteiger partial charge in [-0.15, -0.1) is 0 Å². The number of furan rings is 1. The monoisotopic (exact) mass is 309 g/mol. The second-order valence-corrected chi connectivity index (χ2v) is 6.22. The highest BCUT2D eigenvalue weighted by Crippen LogP contribution is 2.32. The number of H-pyrrole nitrogens is 1. The minimum Gasteiger partial charge on any atom is -0.451 e. The zero-order chi connectivity index (χ0) is 16.0. The molecule has 1 aliphatic rings. The van der Waals surface area contributed by atoms with E-state index >= 15 is 0 Å². The van der Waals surface area contributed by atoms with Crippen LogP contribution in [0.3, 0.4) is 0 Å². The summed E-state index contributed by atoms with van der Waals surface area (Å²) < 4.78 is 5.82. The van der Waals surface area contributed by atoms with Crippen LogP contribution >= 0.6 is 0 Å². The first-order valence-electron chi connectivity index (χ1n) is 7.94. The molecule has 118 valence electrons. The van der Waals surface area contributed by atoms with Crippen LogP contribution in [0.15, 0.2) is 35.0 Å². The number of aromatic amines is 1. The molecular weight excluding hydrogens is 290 g/mol. The Kier molecular flexibility index (Phi) is 3.22. The predicted octanol–water partition coefficient (Wildman–Crippen LogP) is 3.75. The van der Waals surface area contributed by atoms with Gasteiger partial charge in [-0.25, -0.2) is 4.98 Å². The topological polar surface area (TPSA) is 62.1 Å². The van der Waals surface area contributed by atoms with Crippen molar-refractivity contribution in [3.63, 3.8) is 0 Å². The van der Waals surface area contributed by atoms with Gasteiger partial charge in [0.25, 0.3) is 5.91 Å². The van der Waals surface area contributed by atoms with Gasteiger partial charge in [0.15, 0.2) is 5.76 Å². The number of nitrogens with zero attached hydrogens (tertiary/aromatic N) is 2. The van der Waals surface area contributed by atoms with Crippen LogP contribution in [0.1, 0.15) is 46.4 Å². The number of rotatable bonds is 2. The van der Waals surface area contributed by atoms with Gasteiger partial charge < -0.3 is 14.3 Å². The Hall–Kier alpha value is -2.56. The fourth-order valence-electron chi connectivity index (χ4n) is 3.30. The average Bonchev–Trinajstić information content (AvgIpc) is 3.26. The summed E-state index contributed by atoms with van der Waals surface area (Å²) in [6.45, 7) is 4.85. The van der Waals surface area contributed by atoms with Gasteiger partial charge in [-0.2, -0.15) is 0 Å². The summed E-state index contributed by atoms with van der Waals surface area (Å²) in [7, 11) is 0. The third-order valence-electron chi connectivity index (χ3n) is 4.69. The summed E-state index contributed by atoms with van der Waals surface area (Å²) in [5, 5.41) is 0.977. The fraction of sp³-hybridized carbons (Fsp3) is 0.333. The van der Waals surface area contributed by atoms with Crippen LogP contribution in [-0.2, 0) is 0 Å². The van der Waals surface area contributed by atoms with Crippen molar-refractivity contribution < 1.29 is 9.21 Å². The number of carbonyl (C=O) groups excluding carboxylic acids is 1. The molecule has 1 aliphatic heterocycles. The van der Waals surface area contributed by atoms with E-state index in [2.05, 4.69) is 23.0 Å². The molecule has 0 saturated carbocycles. The molecule has 0 unspecified atom stereocenters. The number of likely N-dealkylation sites (tertiary alicyclic amines) is 1. The Bertz CT molecular complexity index is 825. The van der Waals surface area contributed by atoms with Gasteiger partial charge in [0.05, 0.1) is 6.04 Å². The molecule has 1 fully saturated rings. The molecule has 23 heavy (non-hydrogen) atoms. The van der Waals surface area contributed by atoms with Crippen molar-refractivity contribution in [2.75, 3.05) is 6.54 Å². The summed E-state index contributed by atoms with van der Waals surface area (Å²) in [5.41, 5.74) is 3.14. The number of amides is 1. The largest absolute Gasteiger partial charge is 0.451 e. The zero-order valence-corrected chi connectivity index (χ0v) is 13.3. The fourth-order valence-corrected chi connectivity index (χ4v) is 3.30. The molecule has 5 nitrogen and oxygen atoms in total. The lowest BCUT2D eigenvalue weighted by Gasteiger charge is -2.21. The van der Waals surface area contributed by atoms with Gasteiger partial charge in [0.1, 0.15) is 11.4 Å². The molecule has 5 heteroatoms. The van der Waals surface area contributed by atoms with E-state index in [1.54, 1.807) is 12.4 Å². The molecule has 1 saturated heterocycles. The third-order valence-corrected chi connectivity index (χ3v) is 4.69. The number of hydrogen-bond donors (Lipinski definition) is 1. The van der Waals surface area contributed by atoms with Crippen LogP contribution in [0.25, 0.3) is 11.0 Å². The number of benzene rings is 1. The Morgan fingerprint density at radius 1 is 1.30 bits per heavy atom. The maximum Gasteiger partial charge on any atom is 0.290 e. The lowest BCUT2D eigenvalue weighted by atomic mass is 10.1. The van der Waals surface area contributed by atoms with Gasteiger partial charge in [-0.05, 0) is 56.0 Å². The minimum atomic E-state index is -0.0598. The molecule has 1 amide bonds. The van der Waals surface area contributed by atoms with E-state index in [9.17, 15) is 4.79 Å². The second-order valence-electron chi connectivity index (χ2n) is 6.22. The Morgan fingerprint density at radius 3 is 2.91 bits per heavy atom. The van der Waals surface area contributed by atoms with Crippen LogP contribution in [0, 0.1) is 13.8 Å². The Balaban J connectivity index is 1.68. The van der Waals surface area contributed by atoms with Gasteiger partial charge in [-0.3, -0.25) is 4.79 Å². The molecule has 3 aromatic rings. The summed E-state index contributed by atoms with van der Waals surface area (Å²) in [4.78, 5) is 22.2. The molecule has 1 N–H and O–H groups in total. The molecule has 0 spiro atoms. The summed E-state index contributed by atoms with van der Waals surface area (Å²) >= 11 is 0. The molecule has 3 heterocycles. The first-order chi connectivity index (χ1) is 11.1. The number of aryl methyl sites for hydroxylation is 2. The van der Waals surface area contributed by atoms with Crippen LogP contribution < -0.4 is 0 Å². The Labute approximate surface area is 134 Å². The number of imidazole rings is 1. The lowest BCUT2D eigenvalue weighted by Crippen LogP contribution is -2.30. The molecule has 0 aliphatic carbocycles. The molecular formula is C18H19N3O2. The molecule has 1 aromatic carbocycles. The SMILES string of the molecule is Cc1cc2cc(C(=O)N3CCC[C@H]3c3ncc[nH]3)oc2cc1C.